The molecule has 1 amide bonds. The molecule has 1 aliphatic heterocycles. The van der Waals surface area contributed by atoms with Gasteiger partial charge >= 0.3 is 0 Å². The molecule has 3 aromatic carbocycles. The number of carbonyl (C=O) groups excluding carboxylic acids is 1. The minimum absolute atomic E-state index is 0.0275. The number of nitrogens with one attached hydrogen (secondary N) is 1. The van der Waals surface area contributed by atoms with Crippen LogP contribution in [0.2, 0.25) is 0 Å². The maximum absolute atomic E-state index is 12.8. The van der Waals surface area contributed by atoms with Crippen molar-refractivity contribution in [1.82, 2.24) is 4.31 Å². The third-order valence-electron chi connectivity index (χ3n) is 4.99. The Balaban J connectivity index is 1.54. The molecule has 0 aromatic heterocycles. The van der Waals surface area contributed by atoms with Crippen LogP contribution in [0.1, 0.15) is 23.2 Å². The topological polar surface area (TPSA) is 95.9 Å². The predicted octanol–water partition coefficient (Wildman–Crippen LogP) is 4.22. The fourth-order valence-corrected chi connectivity index (χ4v) is 4.92. The number of aromatic hydroxyl groups is 1. The number of carbonyl (C=O) groups is 1. The van der Waals surface area contributed by atoms with Gasteiger partial charge in [-0.25, -0.2) is 8.42 Å². The highest BCUT2D eigenvalue weighted by atomic mass is 32.2. The summed E-state index contributed by atoms with van der Waals surface area (Å²) in [5, 5.41) is 12.8. The van der Waals surface area contributed by atoms with Gasteiger partial charge in [0, 0.05) is 18.7 Å². The number of amides is 1. The molecule has 0 bridgehead atoms. The van der Waals surface area contributed by atoms with Crippen LogP contribution in [-0.4, -0.2) is 36.8 Å². The van der Waals surface area contributed by atoms with Crippen LogP contribution in [0.5, 0.6) is 17.2 Å². The van der Waals surface area contributed by atoms with Crippen LogP contribution >= 0.6 is 0 Å². The molecular formula is C23H22N2O5S. The smallest absolute Gasteiger partial charge is 0.255 e. The maximum atomic E-state index is 12.8. The molecule has 0 radical (unpaired) electrons. The molecule has 1 aliphatic rings. The lowest BCUT2D eigenvalue weighted by molar-refractivity contribution is 0.102. The molecule has 8 heteroatoms. The first-order valence-corrected chi connectivity index (χ1v) is 11.3. The lowest BCUT2D eigenvalue weighted by atomic mass is 10.2. The molecule has 2 N–H and O–H groups in total. The van der Waals surface area contributed by atoms with Gasteiger partial charge in [0.1, 0.15) is 17.2 Å². The molecule has 31 heavy (non-hydrogen) atoms. The molecule has 0 saturated carbocycles. The molecule has 0 unspecified atom stereocenters. The molecule has 1 fully saturated rings. The van der Waals surface area contributed by atoms with Gasteiger partial charge < -0.3 is 15.2 Å². The van der Waals surface area contributed by atoms with Crippen LogP contribution in [-0.2, 0) is 10.0 Å². The number of nitrogens with zero attached hydrogens (tertiary/aromatic N) is 1. The summed E-state index contributed by atoms with van der Waals surface area (Å²) >= 11 is 0. The van der Waals surface area contributed by atoms with Gasteiger partial charge in [0.15, 0.2) is 0 Å². The van der Waals surface area contributed by atoms with Gasteiger partial charge in [-0.2, -0.15) is 4.31 Å². The molecule has 1 heterocycles. The van der Waals surface area contributed by atoms with E-state index in [0.717, 1.165) is 12.8 Å². The Kier molecular flexibility index (Phi) is 5.92. The van der Waals surface area contributed by atoms with E-state index in [1.54, 1.807) is 36.4 Å². The molecule has 0 atom stereocenters. The van der Waals surface area contributed by atoms with Gasteiger partial charge in [0.05, 0.1) is 10.6 Å². The SMILES string of the molecule is O=C(Nc1cc(S(=O)(=O)N2CCCC2)ccc1O)c1cccc(Oc2ccccc2)c1. The molecule has 160 valence electrons. The Hall–Kier alpha value is -3.36. The van der Waals surface area contributed by atoms with Gasteiger partial charge in [-0.15, -0.1) is 0 Å². The van der Waals surface area contributed by atoms with Crippen LogP contribution in [0.4, 0.5) is 5.69 Å². The van der Waals surface area contributed by atoms with Crippen molar-refractivity contribution in [1.29, 1.82) is 0 Å². The number of hydrogen-bond donors (Lipinski definition) is 2. The molecule has 1 saturated heterocycles. The normalized spacial score (nSPS) is 14.3. The van der Waals surface area contributed by atoms with E-state index >= 15 is 0 Å². The van der Waals surface area contributed by atoms with Crippen molar-refractivity contribution in [3.63, 3.8) is 0 Å². The number of para-hydroxylation sites is 1. The largest absolute Gasteiger partial charge is 0.506 e. The van der Waals surface area contributed by atoms with Crippen LogP contribution in [0.25, 0.3) is 0 Å². The number of sulfonamides is 1. The second-order valence-electron chi connectivity index (χ2n) is 7.19. The quantitative estimate of drug-likeness (QED) is 0.562. The highest BCUT2D eigenvalue weighted by Gasteiger charge is 2.28. The van der Waals surface area contributed by atoms with Gasteiger partial charge in [0.2, 0.25) is 10.0 Å². The van der Waals surface area contributed by atoms with Crippen molar-refractivity contribution in [3.05, 3.63) is 78.4 Å². The molecular weight excluding hydrogens is 416 g/mol. The average Bonchev–Trinajstić information content (AvgIpc) is 3.32. The first-order valence-electron chi connectivity index (χ1n) is 9.91. The standard InChI is InChI=1S/C23H22N2O5S/c26-22-12-11-20(31(28,29)25-13-4-5-14-25)16-21(22)24-23(27)17-7-6-10-19(15-17)30-18-8-2-1-3-9-18/h1-3,6-12,15-16,26H,4-5,13-14H2,(H,24,27). The van der Waals surface area contributed by atoms with Crippen molar-refractivity contribution in [2.75, 3.05) is 18.4 Å². The predicted molar refractivity (Wildman–Crippen MR) is 117 cm³/mol. The summed E-state index contributed by atoms with van der Waals surface area (Å²) in [6, 6.07) is 19.7. The van der Waals surface area contributed by atoms with Crippen LogP contribution in [0, 0.1) is 0 Å². The second kappa shape index (κ2) is 8.79. The average molecular weight is 439 g/mol. The molecule has 3 aromatic rings. The summed E-state index contributed by atoms with van der Waals surface area (Å²) in [5.74, 6) is 0.404. The first kappa shape index (κ1) is 20.9. The van der Waals surface area contributed by atoms with E-state index < -0.39 is 15.9 Å². The zero-order chi connectivity index (χ0) is 21.8. The van der Waals surface area contributed by atoms with E-state index in [1.807, 2.05) is 18.2 Å². The zero-order valence-electron chi connectivity index (χ0n) is 16.7. The van der Waals surface area contributed by atoms with E-state index in [-0.39, 0.29) is 16.3 Å². The van der Waals surface area contributed by atoms with Crippen molar-refractivity contribution >= 4 is 21.6 Å². The summed E-state index contributed by atoms with van der Waals surface area (Å²) in [4.78, 5) is 12.8. The van der Waals surface area contributed by atoms with Gasteiger partial charge in [-0.3, -0.25) is 4.79 Å². The van der Waals surface area contributed by atoms with E-state index in [2.05, 4.69) is 5.32 Å². The monoisotopic (exact) mass is 438 g/mol. The van der Waals surface area contributed by atoms with Gasteiger partial charge in [0.25, 0.3) is 5.91 Å². The molecule has 4 rings (SSSR count). The fourth-order valence-electron chi connectivity index (χ4n) is 3.37. The molecule has 7 nitrogen and oxygen atoms in total. The number of rotatable bonds is 6. The van der Waals surface area contributed by atoms with E-state index in [0.29, 0.717) is 30.2 Å². The highest BCUT2D eigenvalue weighted by Crippen LogP contribution is 2.30. The lowest BCUT2D eigenvalue weighted by Gasteiger charge is -2.17. The van der Waals surface area contributed by atoms with Crippen molar-refractivity contribution in [2.45, 2.75) is 17.7 Å². The third kappa shape index (κ3) is 4.70. The van der Waals surface area contributed by atoms with Crippen molar-refractivity contribution in [3.8, 4) is 17.2 Å². The van der Waals surface area contributed by atoms with E-state index in [1.165, 1.54) is 22.5 Å². The number of ether oxygens (including phenoxy) is 1. The third-order valence-corrected chi connectivity index (χ3v) is 6.89. The van der Waals surface area contributed by atoms with Crippen molar-refractivity contribution < 1.29 is 23.1 Å². The molecule has 0 aliphatic carbocycles. The number of benzene rings is 3. The van der Waals surface area contributed by atoms with Gasteiger partial charge in [-0.05, 0) is 61.4 Å². The van der Waals surface area contributed by atoms with E-state index in [9.17, 15) is 18.3 Å². The maximum Gasteiger partial charge on any atom is 0.255 e. The number of phenolic OH excluding ortho intramolecular Hbond substituents is 1. The summed E-state index contributed by atoms with van der Waals surface area (Å²) in [6.07, 6.45) is 1.64. The number of hydrogen-bond acceptors (Lipinski definition) is 5. The zero-order valence-corrected chi connectivity index (χ0v) is 17.5. The van der Waals surface area contributed by atoms with Crippen LogP contribution in [0.15, 0.2) is 77.7 Å². The lowest BCUT2D eigenvalue weighted by Crippen LogP contribution is -2.28. The fraction of sp³-hybridized carbons (Fsp3) is 0.174. The summed E-state index contributed by atoms with van der Waals surface area (Å²) < 4.78 is 32.7. The minimum atomic E-state index is -3.67. The Morgan fingerprint density at radius 1 is 0.903 bits per heavy atom. The second-order valence-corrected chi connectivity index (χ2v) is 9.13. The first-order chi connectivity index (χ1) is 14.9. The minimum Gasteiger partial charge on any atom is -0.506 e. The van der Waals surface area contributed by atoms with Crippen LogP contribution < -0.4 is 10.1 Å². The van der Waals surface area contributed by atoms with E-state index in [4.69, 9.17) is 4.74 Å². The summed E-state index contributed by atoms with van der Waals surface area (Å²) in [7, 11) is -3.67. The Labute approximate surface area is 181 Å². The van der Waals surface area contributed by atoms with Crippen molar-refractivity contribution in [2.24, 2.45) is 0 Å². The van der Waals surface area contributed by atoms with Crippen LogP contribution in [0.3, 0.4) is 0 Å². The van der Waals surface area contributed by atoms with Gasteiger partial charge in [-0.1, -0.05) is 24.3 Å². The Bertz CT molecular complexity index is 1190. The summed E-state index contributed by atoms with van der Waals surface area (Å²) in [6.45, 7) is 0.943. The number of phenols is 1. The highest BCUT2D eigenvalue weighted by molar-refractivity contribution is 7.89. The Morgan fingerprint density at radius 2 is 1.61 bits per heavy atom. The molecule has 0 spiro atoms. The summed E-state index contributed by atoms with van der Waals surface area (Å²) in [5.41, 5.74) is 0.334. The number of anilines is 1. The Morgan fingerprint density at radius 3 is 2.35 bits per heavy atom.